The molecular formula is C17H19FN2O4S2. The maximum atomic E-state index is 12.9. The van der Waals surface area contributed by atoms with Crippen molar-refractivity contribution in [3.05, 3.63) is 54.3 Å². The van der Waals surface area contributed by atoms with Gasteiger partial charge in [0.05, 0.1) is 16.4 Å². The van der Waals surface area contributed by atoms with Crippen molar-refractivity contribution in [3.8, 4) is 0 Å². The summed E-state index contributed by atoms with van der Waals surface area (Å²) in [7, 11) is -4.96. The molecule has 140 valence electrons. The van der Waals surface area contributed by atoms with Gasteiger partial charge in [0, 0.05) is 24.5 Å². The molecule has 6 nitrogen and oxygen atoms in total. The first kappa shape index (κ1) is 18.7. The molecule has 1 unspecified atom stereocenters. The molecule has 0 saturated carbocycles. The molecule has 3 rings (SSSR count). The monoisotopic (exact) mass is 398 g/mol. The van der Waals surface area contributed by atoms with E-state index in [0.29, 0.717) is 12.1 Å². The lowest BCUT2D eigenvalue weighted by molar-refractivity contribution is 0.598. The number of nitrogens with zero attached hydrogens (tertiary/aromatic N) is 1. The summed E-state index contributed by atoms with van der Waals surface area (Å²) in [5.41, 5.74) is 1.17. The van der Waals surface area contributed by atoms with Crippen LogP contribution in [0.3, 0.4) is 0 Å². The Morgan fingerprint density at radius 3 is 2.23 bits per heavy atom. The number of sulfonamides is 1. The normalized spacial score (nSPS) is 19.2. The summed E-state index contributed by atoms with van der Waals surface area (Å²) >= 11 is 0. The lowest BCUT2D eigenvalue weighted by Crippen LogP contribution is -2.32. The standard InChI is InChI=1S/C17H19FN2O4S2/c1-20(16-10-11-25(21,22)12-16)15-6-4-14(5-7-15)19-26(23,24)17-8-2-13(18)3-9-17/h2-9,16,19H,10-12H2,1H3. The second kappa shape index (κ2) is 6.88. The number of hydrogen-bond donors (Lipinski definition) is 1. The molecule has 9 heteroatoms. The molecule has 0 amide bonds. The molecule has 1 aliphatic heterocycles. The number of benzene rings is 2. The average Bonchev–Trinajstić information content (AvgIpc) is 2.95. The molecule has 1 atom stereocenters. The minimum Gasteiger partial charge on any atom is -0.371 e. The zero-order valence-corrected chi connectivity index (χ0v) is 15.7. The molecule has 0 radical (unpaired) electrons. The number of rotatable bonds is 5. The molecule has 2 aromatic rings. The van der Waals surface area contributed by atoms with Crippen LogP contribution >= 0.6 is 0 Å². The van der Waals surface area contributed by atoms with Gasteiger partial charge in [0.2, 0.25) is 0 Å². The van der Waals surface area contributed by atoms with Crippen LogP contribution in [0.5, 0.6) is 0 Å². The van der Waals surface area contributed by atoms with Crippen molar-refractivity contribution >= 4 is 31.2 Å². The maximum Gasteiger partial charge on any atom is 0.261 e. The van der Waals surface area contributed by atoms with Crippen molar-refractivity contribution in [2.24, 2.45) is 0 Å². The van der Waals surface area contributed by atoms with Crippen molar-refractivity contribution in [1.29, 1.82) is 0 Å². The first-order valence-electron chi connectivity index (χ1n) is 7.98. The lowest BCUT2D eigenvalue weighted by atomic mass is 10.2. The Morgan fingerprint density at radius 2 is 1.69 bits per heavy atom. The second-order valence-electron chi connectivity index (χ2n) is 6.27. The Kier molecular flexibility index (Phi) is 4.94. The van der Waals surface area contributed by atoms with Crippen LogP contribution < -0.4 is 9.62 Å². The summed E-state index contributed by atoms with van der Waals surface area (Å²) in [5, 5.41) is 0. The van der Waals surface area contributed by atoms with Gasteiger partial charge in [-0.1, -0.05) is 0 Å². The predicted octanol–water partition coefficient (Wildman–Crippen LogP) is 2.25. The van der Waals surface area contributed by atoms with Crippen molar-refractivity contribution in [2.45, 2.75) is 17.4 Å². The summed E-state index contributed by atoms with van der Waals surface area (Å²) < 4.78 is 63.2. The quantitative estimate of drug-likeness (QED) is 0.835. The van der Waals surface area contributed by atoms with Crippen LogP contribution in [0.15, 0.2) is 53.4 Å². The molecule has 1 fully saturated rings. The van der Waals surface area contributed by atoms with Crippen LogP contribution in [0.1, 0.15) is 6.42 Å². The molecule has 26 heavy (non-hydrogen) atoms. The van der Waals surface area contributed by atoms with Crippen molar-refractivity contribution in [1.82, 2.24) is 0 Å². The van der Waals surface area contributed by atoms with E-state index in [1.165, 1.54) is 12.1 Å². The predicted molar refractivity (Wildman–Crippen MR) is 99.1 cm³/mol. The highest BCUT2D eigenvalue weighted by molar-refractivity contribution is 7.92. The summed E-state index contributed by atoms with van der Waals surface area (Å²) in [5.74, 6) is -0.190. The number of hydrogen-bond acceptors (Lipinski definition) is 5. The first-order valence-corrected chi connectivity index (χ1v) is 11.3. The fourth-order valence-electron chi connectivity index (χ4n) is 2.88. The van der Waals surface area contributed by atoms with Gasteiger partial charge in [0.1, 0.15) is 5.82 Å². The van der Waals surface area contributed by atoms with Gasteiger partial charge in [-0.15, -0.1) is 0 Å². The molecule has 1 heterocycles. The van der Waals surface area contributed by atoms with Crippen LogP contribution in [0, 0.1) is 5.82 Å². The molecule has 2 aromatic carbocycles. The highest BCUT2D eigenvalue weighted by atomic mass is 32.2. The Labute approximate surface area is 152 Å². The van der Waals surface area contributed by atoms with Crippen LogP contribution in [-0.2, 0) is 19.9 Å². The average molecular weight is 398 g/mol. The molecule has 1 aliphatic rings. The fourth-order valence-corrected chi connectivity index (χ4v) is 5.72. The number of sulfone groups is 1. The summed E-state index contributed by atoms with van der Waals surface area (Å²) in [4.78, 5) is 1.86. The maximum absolute atomic E-state index is 12.9. The van der Waals surface area contributed by atoms with E-state index in [4.69, 9.17) is 0 Å². The van der Waals surface area contributed by atoms with Gasteiger partial charge in [-0.25, -0.2) is 21.2 Å². The van der Waals surface area contributed by atoms with Crippen LogP contribution in [0.4, 0.5) is 15.8 Å². The molecule has 0 aromatic heterocycles. The zero-order chi connectivity index (χ0) is 18.9. The van der Waals surface area contributed by atoms with Crippen molar-refractivity contribution in [3.63, 3.8) is 0 Å². The first-order chi connectivity index (χ1) is 12.2. The van der Waals surface area contributed by atoms with Gasteiger partial charge in [-0.3, -0.25) is 4.72 Å². The van der Waals surface area contributed by atoms with E-state index in [2.05, 4.69) is 4.72 Å². The Bertz CT molecular complexity index is 988. The Morgan fingerprint density at radius 1 is 1.08 bits per heavy atom. The summed E-state index contributed by atoms with van der Waals surface area (Å²) in [6, 6.07) is 11.2. The smallest absolute Gasteiger partial charge is 0.261 e. The minimum absolute atomic E-state index is 0.0312. The van der Waals surface area contributed by atoms with Crippen molar-refractivity contribution in [2.75, 3.05) is 28.2 Å². The van der Waals surface area contributed by atoms with Crippen LogP contribution in [0.25, 0.3) is 0 Å². The van der Waals surface area contributed by atoms with E-state index in [-0.39, 0.29) is 22.4 Å². The topological polar surface area (TPSA) is 83.6 Å². The van der Waals surface area contributed by atoms with Gasteiger partial charge < -0.3 is 4.90 Å². The van der Waals surface area contributed by atoms with Gasteiger partial charge in [-0.05, 0) is 55.0 Å². The Hall–Kier alpha value is -2.13. The third-order valence-corrected chi connectivity index (χ3v) is 7.55. The number of halogens is 1. The molecular weight excluding hydrogens is 379 g/mol. The summed E-state index contributed by atoms with van der Waals surface area (Å²) in [6.07, 6.45) is 0.581. The Balaban J connectivity index is 1.72. The second-order valence-corrected chi connectivity index (χ2v) is 10.2. The van der Waals surface area contributed by atoms with Gasteiger partial charge in [0.25, 0.3) is 10.0 Å². The van der Waals surface area contributed by atoms with E-state index in [1.807, 2.05) is 11.9 Å². The highest BCUT2D eigenvalue weighted by Crippen LogP contribution is 2.25. The molecule has 0 bridgehead atoms. The molecule has 0 aliphatic carbocycles. The largest absolute Gasteiger partial charge is 0.371 e. The number of anilines is 2. The van der Waals surface area contributed by atoms with Crippen LogP contribution in [-0.4, -0.2) is 41.4 Å². The minimum atomic E-state index is -3.80. The van der Waals surface area contributed by atoms with E-state index in [9.17, 15) is 21.2 Å². The van der Waals surface area contributed by atoms with Gasteiger partial charge >= 0.3 is 0 Å². The number of nitrogens with one attached hydrogen (secondary N) is 1. The fraction of sp³-hybridized carbons (Fsp3) is 0.294. The third kappa shape index (κ3) is 4.16. The SMILES string of the molecule is CN(c1ccc(NS(=O)(=O)c2ccc(F)cc2)cc1)C1CCS(=O)(=O)C1. The third-order valence-electron chi connectivity index (χ3n) is 4.41. The molecule has 1 N–H and O–H groups in total. The van der Waals surface area contributed by atoms with Gasteiger partial charge in [-0.2, -0.15) is 0 Å². The lowest BCUT2D eigenvalue weighted by Gasteiger charge is -2.25. The van der Waals surface area contributed by atoms with E-state index >= 15 is 0 Å². The zero-order valence-electron chi connectivity index (χ0n) is 14.1. The molecule has 0 spiro atoms. The van der Waals surface area contributed by atoms with Gasteiger partial charge in [0.15, 0.2) is 9.84 Å². The van der Waals surface area contributed by atoms with E-state index in [0.717, 1.165) is 17.8 Å². The van der Waals surface area contributed by atoms with E-state index < -0.39 is 25.7 Å². The van der Waals surface area contributed by atoms with Crippen molar-refractivity contribution < 1.29 is 21.2 Å². The van der Waals surface area contributed by atoms with E-state index in [1.54, 1.807) is 24.3 Å². The van der Waals surface area contributed by atoms with Crippen LogP contribution in [0.2, 0.25) is 0 Å². The summed E-state index contributed by atoms with van der Waals surface area (Å²) in [6.45, 7) is 0. The molecule has 1 saturated heterocycles. The highest BCUT2D eigenvalue weighted by Gasteiger charge is 2.30.